The molecule has 1 amide bonds. The van der Waals surface area contributed by atoms with Gasteiger partial charge in [0.1, 0.15) is 17.1 Å². The van der Waals surface area contributed by atoms with E-state index < -0.39 is 6.10 Å². The van der Waals surface area contributed by atoms with Crippen molar-refractivity contribution >= 4 is 5.91 Å². The minimum atomic E-state index is -0.714. The molecule has 1 fully saturated rings. The molecule has 166 valence electrons. The Hall–Kier alpha value is -3.30. The number of carbonyl (C=O) groups excluding carboxylic acids is 1. The van der Waals surface area contributed by atoms with Crippen molar-refractivity contribution in [2.45, 2.75) is 31.4 Å². The van der Waals surface area contributed by atoms with Crippen LogP contribution < -0.4 is 10.1 Å². The average molecular weight is 435 g/mol. The summed E-state index contributed by atoms with van der Waals surface area (Å²) in [6, 6.07) is 7.31. The number of nitrogens with one attached hydrogen (secondary N) is 1. The van der Waals surface area contributed by atoms with Crippen molar-refractivity contribution in [2.75, 3.05) is 19.8 Å². The third kappa shape index (κ3) is 4.21. The molecule has 32 heavy (non-hydrogen) atoms. The van der Waals surface area contributed by atoms with Crippen LogP contribution in [0.1, 0.15) is 33.7 Å². The van der Waals surface area contributed by atoms with E-state index in [9.17, 15) is 9.90 Å². The summed E-state index contributed by atoms with van der Waals surface area (Å²) in [5.41, 5.74) is 4.65. The molecule has 0 spiro atoms. The quantitative estimate of drug-likeness (QED) is 0.621. The van der Waals surface area contributed by atoms with E-state index in [-0.39, 0.29) is 18.6 Å². The molecule has 2 aliphatic rings. The van der Waals surface area contributed by atoms with Gasteiger partial charge in [0.05, 0.1) is 36.7 Å². The summed E-state index contributed by atoms with van der Waals surface area (Å²) in [6.07, 6.45) is 4.80. The molecule has 0 aromatic carbocycles. The fraction of sp³-hybridized carbons (Fsp3) is 0.391. The molecule has 0 unspecified atom stereocenters. The van der Waals surface area contributed by atoms with Gasteiger partial charge >= 0.3 is 0 Å². The largest absolute Gasteiger partial charge is 0.491 e. The van der Waals surface area contributed by atoms with E-state index >= 15 is 0 Å². The molecule has 0 aliphatic carbocycles. The predicted octanol–water partition coefficient (Wildman–Crippen LogP) is 1.28. The molecule has 2 N–H and O–H groups in total. The summed E-state index contributed by atoms with van der Waals surface area (Å²) < 4.78 is 12.8. The Kier molecular flexibility index (Phi) is 5.59. The molecule has 0 bridgehead atoms. The second-order valence-corrected chi connectivity index (χ2v) is 8.15. The molecule has 2 atom stereocenters. The van der Waals surface area contributed by atoms with Crippen molar-refractivity contribution in [1.29, 1.82) is 0 Å². The van der Waals surface area contributed by atoms with E-state index in [0.29, 0.717) is 38.2 Å². The monoisotopic (exact) mass is 435 g/mol. The number of ether oxygens (including phenoxy) is 2. The zero-order chi connectivity index (χ0) is 22.1. The van der Waals surface area contributed by atoms with Gasteiger partial charge in [-0.25, -0.2) is 4.98 Å². The summed E-state index contributed by atoms with van der Waals surface area (Å²) in [6.45, 7) is 1.29. The lowest BCUT2D eigenvalue weighted by molar-refractivity contribution is -0.0261. The summed E-state index contributed by atoms with van der Waals surface area (Å²) >= 11 is 0. The molecule has 2 aliphatic heterocycles. The lowest BCUT2D eigenvalue weighted by Gasteiger charge is -2.28. The SMILES string of the molecule is Cn1ccc(-c2ccc(Cc3cc(C(=O)N[C@H]4CCOC[C@@H]4O)nc4c3OCC4)cn2)n1. The van der Waals surface area contributed by atoms with Crippen molar-refractivity contribution in [3.63, 3.8) is 0 Å². The van der Waals surface area contributed by atoms with Gasteiger partial charge in [-0.05, 0) is 30.2 Å². The number of aryl methyl sites for hydroxylation is 1. The molecular weight excluding hydrogens is 410 g/mol. The van der Waals surface area contributed by atoms with Crippen molar-refractivity contribution in [2.24, 2.45) is 7.05 Å². The molecular formula is C23H25N5O4. The summed E-state index contributed by atoms with van der Waals surface area (Å²) in [5, 5.41) is 17.4. The number of pyridine rings is 2. The number of hydrogen-bond donors (Lipinski definition) is 2. The van der Waals surface area contributed by atoms with E-state index in [2.05, 4.69) is 20.4 Å². The number of rotatable bonds is 5. The van der Waals surface area contributed by atoms with E-state index in [1.165, 1.54) is 0 Å². The Bertz CT molecular complexity index is 1130. The van der Waals surface area contributed by atoms with Gasteiger partial charge in [0, 0.05) is 44.5 Å². The van der Waals surface area contributed by atoms with E-state index in [1.807, 2.05) is 37.6 Å². The molecule has 3 aromatic rings. The van der Waals surface area contributed by atoms with Crippen LogP contribution in [0.25, 0.3) is 11.4 Å². The van der Waals surface area contributed by atoms with Crippen LogP contribution in [0.5, 0.6) is 5.75 Å². The van der Waals surface area contributed by atoms with Gasteiger partial charge in [-0.1, -0.05) is 6.07 Å². The van der Waals surface area contributed by atoms with Crippen LogP contribution in [0, 0.1) is 0 Å². The Morgan fingerprint density at radius 2 is 2.19 bits per heavy atom. The van der Waals surface area contributed by atoms with E-state index in [1.54, 1.807) is 10.7 Å². The summed E-state index contributed by atoms with van der Waals surface area (Å²) in [4.78, 5) is 21.9. The zero-order valence-electron chi connectivity index (χ0n) is 17.8. The highest BCUT2D eigenvalue weighted by atomic mass is 16.5. The topological polar surface area (TPSA) is 111 Å². The van der Waals surface area contributed by atoms with Crippen molar-refractivity contribution in [3.05, 3.63) is 59.2 Å². The van der Waals surface area contributed by atoms with Gasteiger partial charge < -0.3 is 19.9 Å². The number of aromatic nitrogens is 4. The third-order valence-electron chi connectivity index (χ3n) is 5.78. The first-order valence-electron chi connectivity index (χ1n) is 10.7. The van der Waals surface area contributed by atoms with E-state index in [4.69, 9.17) is 9.47 Å². The predicted molar refractivity (Wildman–Crippen MR) is 115 cm³/mol. The van der Waals surface area contributed by atoms with Crippen LogP contribution >= 0.6 is 0 Å². The van der Waals surface area contributed by atoms with Crippen molar-refractivity contribution < 1.29 is 19.4 Å². The van der Waals surface area contributed by atoms with Crippen LogP contribution in [0.3, 0.4) is 0 Å². The Morgan fingerprint density at radius 1 is 1.28 bits per heavy atom. The van der Waals surface area contributed by atoms with Crippen LogP contribution in [-0.2, 0) is 24.6 Å². The smallest absolute Gasteiger partial charge is 0.270 e. The number of hydrogen-bond acceptors (Lipinski definition) is 7. The maximum Gasteiger partial charge on any atom is 0.270 e. The minimum absolute atomic E-state index is 0.225. The number of nitrogens with zero attached hydrogens (tertiary/aromatic N) is 4. The second-order valence-electron chi connectivity index (χ2n) is 8.15. The van der Waals surface area contributed by atoms with Crippen LogP contribution in [0.4, 0.5) is 0 Å². The Morgan fingerprint density at radius 3 is 2.94 bits per heavy atom. The Balaban J connectivity index is 1.36. The van der Waals surface area contributed by atoms with Crippen LogP contribution in [0.15, 0.2) is 36.7 Å². The number of fused-ring (bicyclic) bond motifs is 1. The number of carbonyl (C=O) groups is 1. The lowest BCUT2D eigenvalue weighted by atomic mass is 10.0. The van der Waals surface area contributed by atoms with Crippen molar-refractivity contribution in [3.8, 4) is 17.1 Å². The lowest BCUT2D eigenvalue weighted by Crippen LogP contribution is -2.48. The maximum absolute atomic E-state index is 12.9. The fourth-order valence-electron chi connectivity index (χ4n) is 4.07. The molecule has 1 saturated heterocycles. The molecule has 9 heteroatoms. The first-order valence-corrected chi connectivity index (χ1v) is 10.7. The standard InChI is InChI=1S/C23H25N5O4/c1-28-7-4-17(27-28)16-3-2-14(12-24-16)10-15-11-20(25-19-6-9-32-22(15)19)23(30)26-18-5-8-31-13-21(18)29/h2-4,7,11-12,18,21,29H,5-6,8-10,13H2,1H3,(H,26,30)/t18-,21-/m0/s1. The van der Waals surface area contributed by atoms with Gasteiger partial charge in [0.2, 0.25) is 0 Å². The van der Waals surface area contributed by atoms with Crippen LogP contribution in [-0.4, -0.2) is 62.7 Å². The third-order valence-corrected chi connectivity index (χ3v) is 5.78. The maximum atomic E-state index is 12.9. The summed E-state index contributed by atoms with van der Waals surface area (Å²) in [7, 11) is 1.87. The van der Waals surface area contributed by atoms with Crippen molar-refractivity contribution in [1.82, 2.24) is 25.1 Å². The second kappa shape index (κ2) is 8.68. The number of aliphatic hydroxyl groups is 1. The number of aliphatic hydroxyl groups excluding tert-OH is 1. The minimum Gasteiger partial charge on any atom is -0.491 e. The first kappa shape index (κ1) is 20.6. The highest BCUT2D eigenvalue weighted by molar-refractivity contribution is 5.93. The highest BCUT2D eigenvalue weighted by Crippen LogP contribution is 2.31. The van der Waals surface area contributed by atoms with Gasteiger partial charge in [-0.15, -0.1) is 0 Å². The first-order chi connectivity index (χ1) is 15.6. The molecule has 3 aromatic heterocycles. The molecule has 0 radical (unpaired) electrons. The molecule has 0 saturated carbocycles. The fourth-order valence-corrected chi connectivity index (χ4v) is 4.07. The van der Waals surface area contributed by atoms with Gasteiger partial charge in [0.15, 0.2) is 0 Å². The highest BCUT2D eigenvalue weighted by Gasteiger charge is 2.27. The Labute approximate surface area is 185 Å². The normalized spacial score (nSPS) is 19.9. The molecule has 5 heterocycles. The van der Waals surface area contributed by atoms with Gasteiger partial charge in [0.25, 0.3) is 5.91 Å². The molecule has 5 rings (SSSR count). The average Bonchev–Trinajstić information content (AvgIpc) is 3.45. The zero-order valence-corrected chi connectivity index (χ0v) is 17.8. The van der Waals surface area contributed by atoms with Crippen LogP contribution in [0.2, 0.25) is 0 Å². The molecule has 9 nitrogen and oxygen atoms in total. The van der Waals surface area contributed by atoms with Gasteiger partial charge in [-0.3, -0.25) is 14.5 Å². The number of amides is 1. The van der Waals surface area contributed by atoms with Gasteiger partial charge in [-0.2, -0.15) is 5.10 Å². The summed E-state index contributed by atoms with van der Waals surface area (Å²) in [5.74, 6) is 0.456. The van der Waals surface area contributed by atoms with E-state index in [0.717, 1.165) is 34.0 Å².